The van der Waals surface area contributed by atoms with Crippen molar-refractivity contribution in [2.45, 2.75) is 44.7 Å². The summed E-state index contributed by atoms with van der Waals surface area (Å²) in [5.74, 6) is -0.896. The molecule has 3 unspecified atom stereocenters. The molecule has 166 valence electrons. The second-order valence-corrected chi connectivity index (χ2v) is 8.54. The van der Waals surface area contributed by atoms with Gasteiger partial charge in [0.2, 0.25) is 0 Å². The van der Waals surface area contributed by atoms with E-state index < -0.39 is 40.9 Å². The molecule has 13 heteroatoms. The van der Waals surface area contributed by atoms with Crippen LogP contribution in [-0.4, -0.2) is 67.3 Å². The van der Waals surface area contributed by atoms with Crippen LogP contribution in [0.15, 0.2) is 28.1 Å². The van der Waals surface area contributed by atoms with Crippen molar-refractivity contribution in [2.24, 2.45) is 5.41 Å². The van der Waals surface area contributed by atoms with E-state index >= 15 is 4.39 Å². The first-order valence-electron chi connectivity index (χ1n) is 9.37. The Hall–Kier alpha value is -2.67. The maximum atomic E-state index is 15.6. The fourth-order valence-electron chi connectivity index (χ4n) is 4.24. The Morgan fingerprint density at radius 1 is 1.42 bits per heavy atom. The first kappa shape index (κ1) is 21.6. The van der Waals surface area contributed by atoms with Gasteiger partial charge in [-0.05, 0) is 22.4 Å². The van der Waals surface area contributed by atoms with E-state index in [1.54, 1.807) is 0 Å². The molecule has 1 saturated carbocycles. The zero-order valence-corrected chi connectivity index (χ0v) is 18.2. The Kier molecular flexibility index (Phi) is 5.41. The second kappa shape index (κ2) is 7.79. The SMILES string of the molecule is CC(=O)OCC12CC([C@H](F)Cn3cc(Br)c(-n4cncn4)nc3=O)(CO1)C2OC(C)=O. The Balaban J connectivity index is 1.56. The van der Waals surface area contributed by atoms with Crippen molar-refractivity contribution >= 4 is 27.9 Å². The number of hydrogen-bond donors (Lipinski definition) is 0. The van der Waals surface area contributed by atoms with Gasteiger partial charge in [-0.1, -0.05) is 0 Å². The number of fused-ring (bicyclic) bond motifs is 1. The van der Waals surface area contributed by atoms with E-state index in [4.69, 9.17) is 14.2 Å². The van der Waals surface area contributed by atoms with Crippen LogP contribution in [0.1, 0.15) is 20.3 Å². The summed E-state index contributed by atoms with van der Waals surface area (Å²) in [7, 11) is 0. The normalized spacial score (nSPS) is 27.4. The third kappa shape index (κ3) is 3.65. The summed E-state index contributed by atoms with van der Waals surface area (Å²) in [5.41, 5.74) is -2.91. The van der Waals surface area contributed by atoms with Crippen LogP contribution in [0.5, 0.6) is 0 Å². The maximum absolute atomic E-state index is 15.6. The molecule has 0 aromatic carbocycles. The quantitative estimate of drug-likeness (QED) is 0.502. The average Bonchev–Trinajstić information content (AvgIpc) is 3.42. The summed E-state index contributed by atoms with van der Waals surface area (Å²) in [5, 5.41) is 3.92. The van der Waals surface area contributed by atoms with Gasteiger partial charge >= 0.3 is 17.6 Å². The summed E-state index contributed by atoms with van der Waals surface area (Å²) in [6, 6.07) is 0. The fraction of sp³-hybridized carbons (Fsp3) is 0.556. The largest absolute Gasteiger partial charge is 0.463 e. The minimum Gasteiger partial charge on any atom is -0.463 e. The van der Waals surface area contributed by atoms with Gasteiger partial charge in [0.1, 0.15) is 37.1 Å². The zero-order chi connectivity index (χ0) is 22.4. The number of hydrogen-bond acceptors (Lipinski definition) is 9. The van der Waals surface area contributed by atoms with Crippen molar-refractivity contribution in [1.82, 2.24) is 24.3 Å². The molecule has 2 aromatic rings. The average molecular weight is 500 g/mol. The van der Waals surface area contributed by atoms with E-state index in [0.29, 0.717) is 4.47 Å². The van der Waals surface area contributed by atoms with Crippen molar-refractivity contribution < 1.29 is 28.2 Å². The van der Waals surface area contributed by atoms with E-state index in [-0.39, 0.29) is 32.0 Å². The smallest absolute Gasteiger partial charge is 0.349 e. The number of carbonyl (C=O) groups is 2. The minimum atomic E-state index is -1.59. The van der Waals surface area contributed by atoms with Crippen molar-refractivity contribution in [1.29, 1.82) is 0 Å². The summed E-state index contributed by atoms with van der Waals surface area (Å²) < 4.78 is 34.6. The summed E-state index contributed by atoms with van der Waals surface area (Å²) in [6.45, 7) is 1.96. The molecule has 5 rings (SSSR count). The summed E-state index contributed by atoms with van der Waals surface area (Å²) in [4.78, 5) is 43.1. The number of rotatable bonds is 7. The molecule has 3 aliphatic rings. The van der Waals surface area contributed by atoms with Gasteiger partial charge < -0.3 is 14.2 Å². The van der Waals surface area contributed by atoms with Crippen LogP contribution in [-0.2, 0) is 30.3 Å². The van der Waals surface area contributed by atoms with Crippen LogP contribution < -0.4 is 5.69 Å². The molecular formula is C18H19BrFN5O6. The number of aromatic nitrogens is 5. The van der Waals surface area contributed by atoms with Crippen molar-refractivity contribution in [2.75, 3.05) is 13.2 Å². The lowest BCUT2D eigenvalue weighted by atomic mass is 9.57. The molecule has 11 nitrogen and oxygen atoms in total. The Labute approximate surface area is 183 Å². The molecule has 0 amide bonds. The Morgan fingerprint density at radius 3 is 2.84 bits per heavy atom. The van der Waals surface area contributed by atoms with E-state index in [9.17, 15) is 14.4 Å². The number of carbonyl (C=O) groups excluding carboxylic acids is 2. The van der Waals surface area contributed by atoms with Crippen LogP contribution in [0, 0.1) is 5.41 Å². The highest BCUT2D eigenvalue weighted by molar-refractivity contribution is 9.10. The van der Waals surface area contributed by atoms with Gasteiger partial charge in [0.05, 0.1) is 23.0 Å². The molecule has 0 spiro atoms. The third-order valence-corrected chi connectivity index (χ3v) is 6.17. The molecule has 3 fully saturated rings. The van der Waals surface area contributed by atoms with Crippen molar-refractivity contribution in [3.63, 3.8) is 0 Å². The van der Waals surface area contributed by atoms with Gasteiger partial charge in [-0.25, -0.2) is 18.9 Å². The van der Waals surface area contributed by atoms with E-state index in [1.807, 2.05) is 0 Å². The van der Waals surface area contributed by atoms with Gasteiger partial charge in [0.15, 0.2) is 5.82 Å². The predicted molar refractivity (Wildman–Crippen MR) is 104 cm³/mol. The van der Waals surface area contributed by atoms with E-state index in [0.717, 1.165) is 4.57 Å². The number of nitrogens with zero attached hydrogens (tertiary/aromatic N) is 5. The first-order chi connectivity index (χ1) is 14.7. The Bertz CT molecular complexity index is 1080. The predicted octanol–water partition coefficient (Wildman–Crippen LogP) is 0.578. The first-order valence-corrected chi connectivity index (χ1v) is 10.2. The molecule has 4 atom stereocenters. The minimum absolute atomic E-state index is 0.0340. The Morgan fingerprint density at radius 2 is 2.19 bits per heavy atom. The third-order valence-electron chi connectivity index (χ3n) is 5.61. The molecule has 1 aliphatic carbocycles. The van der Waals surface area contributed by atoms with Gasteiger partial charge in [-0.15, -0.1) is 0 Å². The highest BCUT2D eigenvalue weighted by Crippen LogP contribution is 2.62. The zero-order valence-electron chi connectivity index (χ0n) is 16.7. The lowest BCUT2D eigenvalue weighted by Crippen LogP contribution is -2.67. The highest BCUT2D eigenvalue weighted by atomic mass is 79.9. The van der Waals surface area contributed by atoms with E-state index in [1.165, 1.54) is 37.4 Å². The number of alkyl halides is 1. The maximum Gasteiger partial charge on any atom is 0.349 e. The van der Waals surface area contributed by atoms with Gasteiger partial charge in [0.25, 0.3) is 0 Å². The molecule has 2 aromatic heterocycles. The number of ether oxygens (including phenoxy) is 3. The molecule has 2 bridgehead atoms. The van der Waals surface area contributed by atoms with Gasteiger partial charge in [-0.3, -0.25) is 14.2 Å². The lowest BCUT2D eigenvalue weighted by Gasteiger charge is -2.51. The number of halogens is 2. The summed E-state index contributed by atoms with van der Waals surface area (Å²) in [6.07, 6.45) is 1.75. The molecule has 0 N–H and O–H groups in total. The van der Waals surface area contributed by atoms with E-state index in [2.05, 4.69) is 31.0 Å². The highest BCUT2D eigenvalue weighted by Gasteiger charge is 2.76. The molecule has 2 aliphatic heterocycles. The van der Waals surface area contributed by atoms with Crippen LogP contribution >= 0.6 is 15.9 Å². The van der Waals surface area contributed by atoms with Crippen LogP contribution in [0.4, 0.5) is 4.39 Å². The van der Waals surface area contributed by atoms with Gasteiger partial charge in [-0.2, -0.15) is 10.1 Å². The fourth-order valence-corrected chi connectivity index (χ4v) is 4.75. The van der Waals surface area contributed by atoms with Crippen LogP contribution in [0.25, 0.3) is 5.82 Å². The molecule has 2 saturated heterocycles. The van der Waals surface area contributed by atoms with Crippen LogP contribution in [0.3, 0.4) is 0 Å². The number of esters is 2. The van der Waals surface area contributed by atoms with Crippen LogP contribution in [0.2, 0.25) is 0 Å². The topological polar surface area (TPSA) is 127 Å². The standard InChI is InChI=1S/C18H19BrFN5O6/c1-10(26)29-7-18-5-17(6-30-18,15(18)31-11(2)27)13(20)4-24-3-12(19)14(23-16(24)28)25-9-21-8-22-25/h3,8-9,13,15H,4-7H2,1-2H3/t13-,15?,17?,18?/m1/s1. The molecule has 31 heavy (non-hydrogen) atoms. The van der Waals surface area contributed by atoms with Crippen molar-refractivity contribution in [3.05, 3.63) is 33.8 Å². The monoisotopic (exact) mass is 499 g/mol. The molecule has 4 heterocycles. The van der Waals surface area contributed by atoms with Crippen molar-refractivity contribution in [3.8, 4) is 5.82 Å². The summed E-state index contributed by atoms with van der Waals surface area (Å²) >= 11 is 3.31. The lowest BCUT2D eigenvalue weighted by molar-refractivity contribution is -0.212. The molecule has 0 radical (unpaired) electrons. The van der Waals surface area contributed by atoms with Gasteiger partial charge in [0, 0.05) is 20.0 Å². The second-order valence-electron chi connectivity index (χ2n) is 7.69. The molecular weight excluding hydrogens is 481 g/mol.